The molecule has 22 heavy (non-hydrogen) atoms. The van der Waals surface area contributed by atoms with Gasteiger partial charge in [0.25, 0.3) is 0 Å². The number of benzene rings is 2. The van der Waals surface area contributed by atoms with Crippen LogP contribution in [0.4, 0.5) is 4.39 Å². The minimum absolute atomic E-state index is 0.0271. The highest BCUT2D eigenvalue weighted by molar-refractivity contribution is 5.76. The zero-order valence-electron chi connectivity index (χ0n) is 12.2. The van der Waals surface area contributed by atoms with E-state index < -0.39 is 0 Å². The van der Waals surface area contributed by atoms with E-state index in [-0.39, 0.29) is 11.7 Å². The van der Waals surface area contributed by atoms with Gasteiger partial charge in [0.1, 0.15) is 5.82 Å². The molecule has 3 nitrogen and oxygen atoms in total. The first-order valence-corrected chi connectivity index (χ1v) is 7.17. The zero-order chi connectivity index (χ0) is 15.8. The van der Waals surface area contributed by atoms with Crippen LogP contribution in [0.3, 0.4) is 0 Å². The summed E-state index contributed by atoms with van der Waals surface area (Å²) >= 11 is 0. The second-order valence-corrected chi connectivity index (χ2v) is 5.04. The summed E-state index contributed by atoms with van der Waals surface area (Å²) in [6.45, 7) is 0.496. The molecular weight excluding hydrogens is 279 g/mol. The second kappa shape index (κ2) is 7.94. The number of hydrogen-bond donors (Lipinski definition) is 1. The van der Waals surface area contributed by atoms with Gasteiger partial charge in [-0.1, -0.05) is 24.3 Å². The molecule has 2 aromatic carbocycles. The van der Waals surface area contributed by atoms with Gasteiger partial charge in [-0.25, -0.2) is 4.39 Å². The van der Waals surface area contributed by atoms with Gasteiger partial charge in [0.15, 0.2) is 0 Å². The summed E-state index contributed by atoms with van der Waals surface area (Å²) in [6.07, 6.45) is 1.65. The van der Waals surface area contributed by atoms with Gasteiger partial charge < -0.3 is 5.32 Å². The lowest BCUT2D eigenvalue weighted by molar-refractivity contribution is -0.121. The van der Waals surface area contributed by atoms with Crippen molar-refractivity contribution in [1.29, 1.82) is 5.26 Å². The Bertz CT molecular complexity index is 674. The molecule has 4 heteroatoms. The Balaban J connectivity index is 1.70. The molecule has 0 saturated heterocycles. The Morgan fingerprint density at radius 2 is 1.86 bits per heavy atom. The van der Waals surface area contributed by atoms with Crippen LogP contribution in [-0.4, -0.2) is 12.5 Å². The molecule has 2 rings (SSSR count). The molecule has 0 fully saturated rings. The number of amides is 1. The van der Waals surface area contributed by atoms with Crippen LogP contribution in [0.1, 0.15) is 23.1 Å². The first kappa shape index (κ1) is 15.7. The highest BCUT2D eigenvalue weighted by Crippen LogP contribution is 2.06. The molecule has 0 unspecified atom stereocenters. The fraction of sp³-hybridized carbons (Fsp3) is 0.222. The zero-order valence-corrected chi connectivity index (χ0v) is 12.2. The van der Waals surface area contributed by atoms with Crippen LogP contribution in [0.2, 0.25) is 0 Å². The van der Waals surface area contributed by atoms with Crippen molar-refractivity contribution in [3.63, 3.8) is 0 Å². The van der Waals surface area contributed by atoms with E-state index in [0.717, 1.165) is 11.1 Å². The first-order chi connectivity index (χ1) is 10.7. The molecule has 0 aliphatic heterocycles. The Morgan fingerprint density at radius 1 is 1.09 bits per heavy atom. The predicted octanol–water partition coefficient (Wildman–Crippen LogP) is 2.99. The number of nitrogens with zero attached hydrogens (tertiary/aromatic N) is 1. The van der Waals surface area contributed by atoms with Crippen LogP contribution in [0.15, 0.2) is 48.5 Å². The van der Waals surface area contributed by atoms with Crippen molar-refractivity contribution in [2.45, 2.75) is 19.3 Å². The summed E-state index contributed by atoms with van der Waals surface area (Å²) in [5.74, 6) is -0.287. The minimum Gasteiger partial charge on any atom is -0.356 e. The van der Waals surface area contributed by atoms with Gasteiger partial charge in [0, 0.05) is 13.0 Å². The van der Waals surface area contributed by atoms with E-state index in [1.165, 1.54) is 12.1 Å². The Labute approximate surface area is 129 Å². The van der Waals surface area contributed by atoms with E-state index in [4.69, 9.17) is 5.26 Å². The van der Waals surface area contributed by atoms with Crippen LogP contribution in [0.25, 0.3) is 0 Å². The number of halogens is 1. The van der Waals surface area contributed by atoms with E-state index in [1.807, 2.05) is 18.2 Å². The topological polar surface area (TPSA) is 52.9 Å². The smallest absolute Gasteiger partial charge is 0.220 e. The maximum Gasteiger partial charge on any atom is 0.220 e. The van der Waals surface area contributed by atoms with Gasteiger partial charge in [-0.15, -0.1) is 0 Å². The lowest BCUT2D eigenvalue weighted by Gasteiger charge is -2.06. The van der Waals surface area contributed by atoms with Crippen molar-refractivity contribution in [1.82, 2.24) is 5.32 Å². The lowest BCUT2D eigenvalue weighted by Crippen LogP contribution is -2.25. The van der Waals surface area contributed by atoms with E-state index in [0.29, 0.717) is 31.4 Å². The molecule has 0 heterocycles. The van der Waals surface area contributed by atoms with E-state index in [2.05, 4.69) is 11.4 Å². The van der Waals surface area contributed by atoms with Gasteiger partial charge in [0.05, 0.1) is 11.6 Å². The molecule has 0 radical (unpaired) electrons. The van der Waals surface area contributed by atoms with Crippen molar-refractivity contribution in [2.24, 2.45) is 0 Å². The van der Waals surface area contributed by atoms with Crippen LogP contribution in [0.5, 0.6) is 0 Å². The SMILES string of the molecule is N#Cc1ccc(CCC(=O)NCCc2cccc(F)c2)cc1. The van der Waals surface area contributed by atoms with Gasteiger partial charge in [-0.05, 0) is 48.2 Å². The molecule has 0 spiro atoms. The molecule has 0 aromatic heterocycles. The number of carbonyl (C=O) groups is 1. The second-order valence-electron chi connectivity index (χ2n) is 5.04. The van der Waals surface area contributed by atoms with Gasteiger partial charge in [0.2, 0.25) is 5.91 Å². The highest BCUT2D eigenvalue weighted by Gasteiger charge is 2.03. The summed E-state index contributed by atoms with van der Waals surface area (Å²) in [7, 11) is 0. The number of nitriles is 1. The Kier molecular flexibility index (Phi) is 5.67. The number of carbonyl (C=O) groups excluding carboxylic acids is 1. The molecule has 1 amide bonds. The van der Waals surface area contributed by atoms with E-state index >= 15 is 0 Å². The average molecular weight is 296 g/mol. The summed E-state index contributed by atoms with van der Waals surface area (Å²) in [5.41, 5.74) is 2.51. The highest BCUT2D eigenvalue weighted by atomic mass is 19.1. The van der Waals surface area contributed by atoms with Crippen LogP contribution >= 0.6 is 0 Å². The molecule has 112 valence electrons. The molecular formula is C18H17FN2O. The number of rotatable bonds is 6. The van der Waals surface area contributed by atoms with Gasteiger partial charge in [-0.2, -0.15) is 5.26 Å². The molecule has 1 N–H and O–H groups in total. The fourth-order valence-corrected chi connectivity index (χ4v) is 2.13. The number of aryl methyl sites for hydroxylation is 1. The number of nitrogens with one attached hydrogen (secondary N) is 1. The summed E-state index contributed by atoms with van der Waals surface area (Å²) in [5, 5.41) is 11.5. The lowest BCUT2D eigenvalue weighted by atomic mass is 10.1. The Hall–Kier alpha value is -2.67. The molecule has 0 atom stereocenters. The van der Waals surface area contributed by atoms with Gasteiger partial charge >= 0.3 is 0 Å². The summed E-state index contributed by atoms with van der Waals surface area (Å²) < 4.78 is 13.0. The van der Waals surface area contributed by atoms with Crippen molar-refractivity contribution >= 4 is 5.91 Å². The summed E-state index contributed by atoms with van der Waals surface area (Å²) in [4.78, 5) is 11.8. The molecule has 0 aliphatic carbocycles. The van der Waals surface area contributed by atoms with Crippen molar-refractivity contribution in [3.8, 4) is 6.07 Å². The molecule has 0 bridgehead atoms. The van der Waals surface area contributed by atoms with Crippen molar-refractivity contribution < 1.29 is 9.18 Å². The third kappa shape index (κ3) is 5.02. The monoisotopic (exact) mass is 296 g/mol. The largest absolute Gasteiger partial charge is 0.356 e. The van der Waals surface area contributed by atoms with E-state index in [1.54, 1.807) is 18.2 Å². The fourth-order valence-electron chi connectivity index (χ4n) is 2.13. The third-order valence-electron chi connectivity index (χ3n) is 3.35. The molecule has 0 saturated carbocycles. The first-order valence-electron chi connectivity index (χ1n) is 7.17. The van der Waals surface area contributed by atoms with Crippen LogP contribution < -0.4 is 5.32 Å². The van der Waals surface area contributed by atoms with Crippen molar-refractivity contribution in [3.05, 3.63) is 71.0 Å². The number of hydrogen-bond acceptors (Lipinski definition) is 2. The van der Waals surface area contributed by atoms with Gasteiger partial charge in [-0.3, -0.25) is 4.79 Å². The summed E-state index contributed by atoms with van der Waals surface area (Å²) in [6, 6.07) is 15.7. The Morgan fingerprint density at radius 3 is 2.55 bits per heavy atom. The predicted molar refractivity (Wildman–Crippen MR) is 82.6 cm³/mol. The van der Waals surface area contributed by atoms with Crippen LogP contribution in [0, 0.1) is 17.1 Å². The molecule has 0 aliphatic rings. The van der Waals surface area contributed by atoms with Crippen molar-refractivity contribution in [2.75, 3.05) is 6.54 Å². The quantitative estimate of drug-likeness (QED) is 0.891. The molecule has 2 aromatic rings. The standard InChI is InChI=1S/C18H17FN2O/c19-17-3-1-2-15(12-17)10-11-21-18(22)9-8-14-4-6-16(13-20)7-5-14/h1-7,12H,8-11H2,(H,21,22). The van der Waals surface area contributed by atoms with Crippen LogP contribution in [-0.2, 0) is 17.6 Å². The normalized spacial score (nSPS) is 10.0. The maximum atomic E-state index is 13.0. The minimum atomic E-state index is -0.260. The average Bonchev–Trinajstić information content (AvgIpc) is 2.53. The van der Waals surface area contributed by atoms with E-state index in [9.17, 15) is 9.18 Å². The third-order valence-corrected chi connectivity index (χ3v) is 3.35. The maximum absolute atomic E-state index is 13.0.